The number of fused-ring (bicyclic) bond motifs is 1. The van der Waals surface area contributed by atoms with Crippen molar-refractivity contribution in [1.82, 2.24) is 35.2 Å². The number of nitrogens with zero attached hydrogens (tertiary/aromatic N) is 6. The van der Waals surface area contributed by atoms with Crippen LogP contribution in [0.5, 0.6) is 0 Å². The number of carbonyl (C=O) groups is 1. The van der Waals surface area contributed by atoms with Gasteiger partial charge in [-0.2, -0.15) is 5.10 Å². The summed E-state index contributed by atoms with van der Waals surface area (Å²) < 4.78 is 14.1. The Hall–Kier alpha value is -3.01. The van der Waals surface area contributed by atoms with E-state index in [1.165, 1.54) is 12.3 Å². The lowest BCUT2D eigenvalue weighted by Crippen LogP contribution is -2.39. The maximum absolute atomic E-state index is 11.8. The highest BCUT2D eigenvalue weighted by Gasteiger charge is 2.25. The van der Waals surface area contributed by atoms with Crippen molar-refractivity contribution in [3.8, 4) is 11.3 Å². The number of ether oxygens (including phenoxy) is 1. The molecule has 0 saturated heterocycles. The van der Waals surface area contributed by atoms with Gasteiger partial charge in [0.1, 0.15) is 5.69 Å². The van der Waals surface area contributed by atoms with Gasteiger partial charge in [0, 0.05) is 31.4 Å². The Balaban J connectivity index is 1.41. The van der Waals surface area contributed by atoms with Crippen molar-refractivity contribution in [2.45, 2.75) is 19.3 Å². The minimum atomic E-state index is -0.323. The molecule has 10 heteroatoms. The molecule has 0 bridgehead atoms. The number of rotatable bonds is 4. The van der Waals surface area contributed by atoms with Gasteiger partial charge in [0.05, 0.1) is 37.3 Å². The first-order valence-electron chi connectivity index (χ1n) is 7.42. The molecule has 0 fully saturated rings. The molecule has 24 heavy (non-hydrogen) atoms. The minimum absolute atomic E-state index is 0.172. The van der Waals surface area contributed by atoms with Gasteiger partial charge >= 0.3 is 0 Å². The van der Waals surface area contributed by atoms with Crippen molar-refractivity contribution in [2.24, 2.45) is 7.05 Å². The number of hydrogen-bond acceptors (Lipinski definition) is 7. The predicted octanol–water partition coefficient (Wildman–Crippen LogP) is -0.00460. The SMILES string of the molecule is Cn1cc(-c2nnn3c2COC(CNC(=O)c2ccno2)C3)cn1. The number of amides is 1. The third-order valence-corrected chi connectivity index (χ3v) is 3.80. The fraction of sp³-hybridized carbons (Fsp3) is 0.357. The van der Waals surface area contributed by atoms with Crippen LogP contribution >= 0.6 is 0 Å². The Kier molecular flexibility index (Phi) is 3.58. The van der Waals surface area contributed by atoms with Crippen LogP contribution in [0.25, 0.3) is 11.3 Å². The van der Waals surface area contributed by atoms with Gasteiger partial charge in [0.25, 0.3) is 5.91 Å². The first-order valence-corrected chi connectivity index (χ1v) is 7.42. The van der Waals surface area contributed by atoms with Gasteiger partial charge in [0.15, 0.2) is 0 Å². The van der Waals surface area contributed by atoms with E-state index in [1.807, 2.05) is 13.2 Å². The lowest BCUT2D eigenvalue weighted by Gasteiger charge is -2.24. The third-order valence-electron chi connectivity index (χ3n) is 3.80. The second kappa shape index (κ2) is 5.89. The lowest BCUT2D eigenvalue weighted by atomic mass is 10.2. The van der Waals surface area contributed by atoms with E-state index in [2.05, 4.69) is 25.9 Å². The van der Waals surface area contributed by atoms with Gasteiger partial charge in [-0.3, -0.25) is 9.48 Å². The summed E-state index contributed by atoms with van der Waals surface area (Å²) in [4.78, 5) is 11.8. The summed E-state index contributed by atoms with van der Waals surface area (Å²) in [5, 5.41) is 18.8. The topological polar surface area (TPSA) is 113 Å². The van der Waals surface area contributed by atoms with Crippen LogP contribution < -0.4 is 5.32 Å². The molecule has 1 unspecified atom stereocenters. The molecule has 0 aliphatic carbocycles. The molecule has 3 aromatic heterocycles. The zero-order valence-electron chi connectivity index (χ0n) is 12.9. The Morgan fingerprint density at radius 1 is 1.50 bits per heavy atom. The van der Waals surface area contributed by atoms with Crippen molar-refractivity contribution in [3.05, 3.63) is 36.1 Å². The molecular weight excluding hydrogens is 314 g/mol. The maximum Gasteiger partial charge on any atom is 0.289 e. The molecule has 4 rings (SSSR count). The Morgan fingerprint density at radius 3 is 3.17 bits per heavy atom. The average Bonchev–Trinajstić information content (AvgIpc) is 3.32. The fourth-order valence-electron chi connectivity index (χ4n) is 2.58. The van der Waals surface area contributed by atoms with Crippen LogP contribution in [0.4, 0.5) is 0 Å². The largest absolute Gasteiger partial charge is 0.368 e. The second-order valence-corrected chi connectivity index (χ2v) is 5.49. The molecule has 1 aliphatic rings. The number of carbonyl (C=O) groups excluding carboxylic acids is 1. The van der Waals surface area contributed by atoms with Crippen LogP contribution in [0, 0.1) is 0 Å². The molecule has 1 amide bonds. The van der Waals surface area contributed by atoms with Crippen LogP contribution in [-0.4, -0.2) is 48.5 Å². The molecule has 10 nitrogen and oxygen atoms in total. The molecule has 0 saturated carbocycles. The van der Waals surface area contributed by atoms with E-state index in [0.717, 1.165) is 17.0 Å². The smallest absolute Gasteiger partial charge is 0.289 e. The van der Waals surface area contributed by atoms with Gasteiger partial charge in [0.2, 0.25) is 5.76 Å². The summed E-state index contributed by atoms with van der Waals surface area (Å²) in [6, 6.07) is 1.51. The summed E-state index contributed by atoms with van der Waals surface area (Å²) in [5.74, 6) is -0.150. The van der Waals surface area contributed by atoms with Crippen LogP contribution in [0.3, 0.4) is 0 Å². The van der Waals surface area contributed by atoms with Gasteiger partial charge in [-0.1, -0.05) is 10.4 Å². The van der Waals surface area contributed by atoms with Crippen molar-refractivity contribution in [3.63, 3.8) is 0 Å². The van der Waals surface area contributed by atoms with Gasteiger partial charge < -0.3 is 14.6 Å². The Bertz CT molecular complexity index is 852. The van der Waals surface area contributed by atoms with Gasteiger partial charge in [-0.25, -0.2) is 4.68 Å². The summed E-state index contributed by atoms with van der Waals surface area (Å²) >= 11 is 0. The standard InChI is InChI=1S/C14H15N7O3/c1-20-6-9(4-16-20)13-11-8-23-10(7-21(11)19-18-13)5-15-14(22)12-2-3-17-24-12/h2-4,6,10H,5,7-8H2,1H3,(H,15,22). The lowest BCUT2D eigenvalue weighted by molar-refractivity contribution is 0.00158. The fourth-order valence-corrected chi connectivity index (χ4v) is 2.58. The van der Waals surface area contributed by atoms with E-state index >= 15 is 0 Å². The second-order valence-electron chi connectivity index (χ2n) is 5.49. The number of aryl methyl sites for hydroxylation is 1. The molecule has 1 N–H and O–H groups in total. The summed E-state index contributed by atoms with van der Waals surface area (Å²) in [6.45, 7) is 1.24. The summed E-state index contributed by atoms with van der Waals surface area (Å²) in [7, 11) is 1.85. The van der Waals surface area contributed by atoms with E-state index in [1.54, 1.807) is 15.6 Å². The predicted molar refractivity (Wildman–Crippen MR) is 79.6 cm³/mol. The monoisotopic (exact) mass is 329 g/mol. The van der Waals surface area contributed by atoms with E-state index in [4.69, 9.17) is 9.26 Å². The molecule has 0 spiro atoms. The number of hydrogen-bond donors (Lipinski definition) is 1. The Morgan fingerprint density at radius 2 is 2.42 bits per heavy atom. The highest BCUT2D eigenvalue weighted by molar-refractivity contribution is 5.91. The summed E-state index contributed by atoms with van der Waals surface area (Å²) in [5.41, 5.74) is 2.58. The quantitative estimate of drug-likeness (QED) is 0.716. The average molecular weight is 329 g/mol. The first-order chi connectivity index (χ1) is 11.7. The molecule has 124 valence electrons. The highest BCUT2D eigenvalue weighted by Crippen LogP contribution is 2.24. The minimum Gasteiger partial charge on any atom is -0.368 e. The third kappa shape index (κ3) is 2.67. The van der Waals surface area contributed by atoms with Crippen molar-refractivity contribution in [1.29, 1.82) is 0 Å². The van der Waals surface area contributed by atoms with Crippen molar-refractivity contribution in [2.75, 3.05) is 6.54 Å². The van der Waals surface area contributed by atoms with Crippen LogP contribution in [-0.2, 0) is 24.9 Å². The normalized spacial score (nSPS) is 16.8. The molecule has 0 aromatic carbocycles. The van der Waals surface area contributed by atoms with E-state index in [9.17, 15) is 4.79 Å². The molecular formula is C14H15N7O3. The van der Waals surface area contributed by atoms with Crippen molar-refractivity contribution >= 4 is 5.91 Å². The van der Waals surface area contributed by atoms with Crippen LogP contribution in [0.1, 0.15) is 16.2 Å². The Labute approximate surface area is 136 Å². The first kappa shape index (κ1) is 14.6. The molecule has 3 aromatic rings. The van der Waals surface area contributed by atoms with Crippen LogP contribution in [0.2, 0.25) is 0 Å². The molecule has 1 aliphatic heterocycles. The van der Waals surface area contributed by atoms with Gasteiger partial charge in [-0.15, -0.1) is 5.10 Å². The maximum atomic E-state index is 11.8. The molecule has 4 heterocycles. The molecule has 1 atom stereocenters. The summed E-state index contributed by atoms with van der Waals surface area (Å²) in [6.07, 6.45) is 4.87. The zero-order valence-corrected chi connectivity index (χ0v) is 12.9. The molecule has 0 radical (unpaired) electrons. The van der Waals surface area contributed by atoms with E-state index in [-0.39, 0.29) is 17.8 Å². The van der Waals surface area contributed by atoms with Crippen molar-refractivity contribution < 1.29 is 14.1 Å². The number of aromatic nitrogens is 6. The van der Waals surface area contributed by atoms with Crippen LogP contribution in [0.15, 0.2) is 29.2 Å². The number of nitrogens with one attached hydrogen (secondary N) is 1. The highest BCUT2D eigenvalue weighted by atomic mass is 16.5. The van der Waals surface area contributed by atoms with E-state index in [0.29, 0.717) is 19.7 Å². The van der Waals surface area contributed by atoms with Gasteiger partial charge in [-0.05, 0) is 0 Å². The zero-order chi connectivity index (χ0) is 16.5. The van der Waals surface area contributed by atoms with E-state index < -0.39 is 0 Å².